The van der Waals surface area contributed by atoms with Gasteiger partial charge in [0.2, 0.25) is 5.91 Å². The number of anilines is 1. The van der Waals surface area contributed by atoms with Crippen LogP contribution in [0.2, 0.25) is 0 Å². The molecule has 1 atom stereocenters. The molecule has 0 spiro atoms. The van der Waals surface area contributed by atoms with Crippen molar-refractivity contribution in [3.8, 4) is 0 Å². The summed E-state index contributed by atoms with van der Waals surface area (Å²) in [6, 6.07) is 6.14. The maximum atomic E-state index is 12.2. The van der Waals surface area contributed by atoms with Gasteiger partial charge in [0.25, 0.3) is 0 Å². The number of hydrogen-bond acceptors (Lipinski definition) is 3. The van der Waals surface area contributed by atoms with Gasteiger partial charge in [0.1, 0.15) is 0 Å². The van der Waals surface area contributed by atoms with Gasteiger partial charge in [0.05, 0.1) is 6.54 Å². The number of nitrogens with two attached hydrogens (primary N) is 1. The van der Waals surface area contributed by atoms with Crippen molar-refractivity contribution in [1.29, 1.82) is 0 Å². The molecule has 0 aromatic heterocycles. The van der Waals surface area contributed by atoms with Crippen LogP contribution in [-0.4, -0.2) is 37.0 Å². The highest BCUT2D eigenvalue weighted by Gasteiger charge is 2.21. The zero-order chi connectivity index (χ0) is 15.2. The number of rotatable bonds is 5. The topological polar surface area (TPSA) is 58.4 Å². The lowest BCUT2D eigenvalue weighted by atomic mass is 9.95. The van der Waals surface area contributed by atoms with Crippen LogP contribution >= 0.6 is 12.4 Å². The molecule has 5 heteroatoms. The molecular weight excluding hydrogens is 298 g/mol. The van der Waals surface area contributed by atoms with Gasteiger partial charge in [0.15, 0.2) is 0 Å². The molecule has 1 aliphatic rings. The Morgan fingerprint density at radius 1 is 1.41 bits per heavy atom. The van der Waals surface area contributed by atoms with E-state index in [1.165, 1.54) is 12.8 Å². The molecular formula is C17H28ClN3O. The summed E-state index contributed by atoms with van der Waals surface area (Å²) >= 11 is 0. The van der Waals surface area contributed by atoms with Crippen LogP contribution in [-0.2, 0) is 4.79 Å². The summed E-state index contributed by atoms with van der Waals surface area (Å²) in [5.74, 6) is 0.731. The van der Waals surface area contributed by atoms with E-state index in [2.05, 4.69) is 16.3 Å². The second kappa shape index (κ2) is 9.13. The second-order valence-electron chi connectivity index (χ2n) is 6.19. The third-order valence-corrected chi connectivity index (χ3v) is 4.21. The highest BCUT2D eigenvalue weighted by Crippen LogP contribution is 2.20. The first kappa shape index (κ1) is 18.9. The van der Waals surface area contributed by atoms with Gasteiger partial charge in [-0.25, -0.2) is 0 Å². The number of nitrogens with one attached hydrogen (secondary N) is 1. The zero-order valence-electron chi connectivity index (χ0n) is 13.6. The Hall–Kier alpha value is -1.10. The lowest BCUT2D eigenvalue weighted by Gasteiger charge is -2.32. The number of amides is 1. The molecule has 1 saturated heterocycles. The lowest BCUT2D eigenvalue weighted by molar-refractivity contribution is -0.117. The molecule has 0 radical (unpaired) electrons. The molecule has 3 N–H and O–H groups in total. The molecule has 1 unspecified atom stereocenters. The summed E-state index contributed by atoms with van der Waals surface area (Å²) < 4.78 is 0. The van der Waals surface area contributed by atoms with Gasteiger partial charge in [-0.05, 0) is 69.3 Å². The van der Waals surface area contributed by atoms with Crippen molar-refractivity contribution >= 4 is 24.0 Å². The molecule has 1 fully saturated rings. The van der Waals surface area contributed by atoms with E-state index in [0.717, 1.165) is 42.9 Å². The van der Waals surface area contributed by atoms with E-state index in [0.29, 0.717) is 12.5 Å². The second-order valence-corrected chi connectivity index (χ2v) is 6.19. The average molecular weight is 326 g/mol. The maximum absolute atomic E-state index is 12.2. The van der Waals surface area contributed by atoms with Crippen molar-refractivity contribution in [1.82, 2.24) is 4.90 Å². The molecule has 0 bridgehead atoms. The molecule has 124 valence electrons. The standard InChI is InChI=1S/C17H27N3O.ClH/c1-13-5-6-14(2)16(10-13)19-17(21)12-20-9-3-4-15(11-20)7-8-18;/h5-6,10,15H,3-4,7-9,11-12,18H2,1-2H3,(H,19,21);1H. The molecule has 22 heavy (non-hydrogen) atoms. The van der Waals surface area contributed by atoms with Crippen molar-refractivity contribution in [2.24, 2.45) is 11.7 Å². The first-order valence-electron chi connectivity index (χ1n) is 7.88. The molecule has 0 aliphatic carbocycles. The Bertz CT molecular complexity index is 491. The summed E-state index contributed by atoms with van der Waals surface area (Å²) in [6.45, 7) is 7.30. The van der Waals surface area contributed by atoms with E-state index in [4.69, 9.17) is 5.73 Å². The number of carbonyl (C=O) groups excluding carboxylic acids is 1. The number of piperidine rings is 1. The van der Waals surface area contributed by atoms with Gasteiger partial charge in [-0.15, -0.1) is 12.4 Å². The Morgan fingerprint density at radius 3 is 2.91 bits per heavy atom. The number of likely N-dealkylation sites (tertiary alicyclic amines) is 1. The molecule has 1 aliphatic heterocycles. The molecule has 1 aromatic rings. The SMILES string of the molecule is Cc1ccc(C)c(NC(=O)CN2CCCC(CCN)C2)c1.Cl. The number of hydrogen-bond donors (Lipinski definition) is 2. The van der Waals surface area contributed by atoms with Crippen LogP contribution in [0, 0.1) is 19.8 Å². The van der Waals surface area contributed by atoms with Crippen LogP contribution in [0.15, 0.2) is 18.2 Å². The van der Waals surface area contributed by atoms with E-state index in [9.17, 15) is 4.79 Å². The van der Waals surface area contributed by atoms with Gasteiger partial charge in [-0.3, -0.25) is 9.69 Å². The minimum atomic E-state index is 0. The highest BCUT2D eigenvalue weighted by molar-refractivity contribution is 5.93. The summed E-state index contributed by atoms with van der Waals surface area (Å²) in [6.07, 6.45) is 3.48. The summed E-state index contributed by atoms with van der Waals surface area (Å²) in [5.41, 5.74) is 8.84. The van der Waals surface area contributed by atoms with Crippen LogP contribution in [0.1, 0.15) is 30.4 Å². The fourth-order valence-electron chi connectivity index (χ4n) is 3.03. The Morgan fingerprint density at radius 2 is 2.18 bits per heavy atom. The number of aryl methyl sites for hydroxylation is 2. The Labute approximate surface area is 139 Å². The van der Waals surface area contributed by atoms with Gasteiger partial charge in [0, 0.05) is 12.2 Å². The van der Waals surface area contributed by atoms with Crippen molar-refractivity contribution < 1.29 is 4.79 Å². The highest BCUT2D eigenvalue weighted by atomic mass is 35.5. The monoisotopic (exact) mass is 325 g/mol. The number of halogens is 1. The number of nitrogens with zero attached hydrogens (tertiary/aromatic N) is 1. The van der Waals surface area contributed by atoms with Gasteiger partial charge in [-0.2, -0.15) is 0 Å². The predicted molar refractivity (Wildman–Crippen MR) is 94.6 cm³/mol. The summed E-state index contributed by atoms with van der Waals surface area (Å²) in [5, 5.41) is 3.04. The van der Waals surface area contributed by atoms with E-state index < -0.39 is 0 Å². The minimum Gasteiger partial charge on any atom is -0.330 e. The largest absolute Gasteiger partial charge is 0.330 e. The first-order chi connectivity index (χ1) is 10.1. The molecule has 0 saturated carbocycles. The summed E-state index contributed by atoms with van der Waals surface area (Å²) in [4.78, 5) is 14.5. The number of carbonyl (C=O) groups is 1. The Kier molecular flexibility index (Phi) is 7.87. The number of benzene rings is 1. The van der Waals surface area contributed by atoms with E-state index in [1.54, 1.807) is 0 Å². The minimum absolute atomic E-state index is 0. The molecule has 2 rings (SSSR count). The lowest BCUT2D eigenvalue weighted by Crippen LogP contribution is -2.41. The summed E-state index contributed by atoms with van der Waals surface area (Å²) in [7, 11) is 0. The van der Waals surface area contributed by atoms with Gasteiger partial charge < -0.3 is 11.1 Å². The van der Waals surface area contributed by atoms with E-state index in [1.807, 2.05) is 26.0 Å². The van der Waals surface area contributed by atoms with Gasteiger partial charge >= 0.3 is 0 Å². The van der Waals surface area contributed by atoms with Crippen molar-refractivity contribution in [3.05, 3.63) is 29.3 Å². The predicted octanol–water partition coefficient (Wildman–Crippen LogP) is 2.72. The molecule has 1 aromatic carbocycles. The van der Waals surface area contributed by atoms with Crippen molar-refractivity contribution in [3.63, 3.8) is 0 Å². The van der Waals surface area contributed by atoms with Crippen LogP contribution < -0.4 is 11.1 Å². The smallest absolute Gasteiger partial charge is 0.238 e. The molecule has 4 nitrogen and oxygen atoms in total. The fraction of sp³-hybridized carbons (Fsp3) is 0.588. The zero-order valence-corrected chi connectivity index (χ0v) is 14.4. The quantitative estimate of drug-likeness (QED) is 0.875. The normalized spacial score (nSPS) is 18.6. The van der Waals surface area contributed by atoms with Crippen LogP contribution in [0.5, 0.6) is 0 Å². The molecule has 1 amide bonds. The van der Waals surface area contributed by atoms with Crippen LogP contribution in [0.4, 0.5) is 5.69 Å². The third-order valence-electron chi connectivity index (χ3n) is 4.21. The average Bonchev–Trinajstić information content (AvgIpc) is 2.43. The van der Waals surface area contributed by atoms with Crippen LogP contribution in [0.25, 0.3) is 0 Å². The maximum Gasteiger partial charge on any atom is 0.238 e. The van der Waals surface area contributed by atoms with E-state index in [-0.39, 0.29) is 18.3 Å². The fourth-order valence-corrected chi connectivity index (χ4v) is 3.03. The third kappa shape index (κ3) is 5.59. The van der Waals surface area contributed by atoms with Crippen molar-refractivity contribution in [2.75, 3.05) is 31.5 Å². The van der Waals surface area contributed by atoms with E-state index >= 15 is 0 Å². The van der Waals surface area contributed by atoms with Gasteiger partial charge in [-0.1, -0.05) is 12.1 Å². The Balaban J connectivity index is 0.00000242. The van der Waals surface area contributed by atoms with Crippen LogP contribution in [0.3, 0.4) is 0 Å². The first-order valence-corrected chi connectivity index (χ1v) is 7.88. The molecule has 1 heterocycles. The van der Waals surface area contributed by atoms with Crippen molar-refractivity contribution in [2.45, 2.75) is 33.1 Å².